The Kier molecular flexibility index (Phi) is 4.76. The quantitative estimate of drug-likeness (QED) is 0.901. The molecule has 2 aromatic rings. The number of para-hydroxylation sites is 1. The minimum atomic E-state index is -0.241. The van der Waals surface area contributed by atoms with Gasteiger partial charge in [0.1, 0.15) is 5.75 Å². The van der Waals surface area contributed by atoms with Gasteiger partial charge in [-0.25, -0.2) is 0 Å². The topological polar surface area (TPSA) is 58.6 Å². The lowest BCUT2D eigenvalue weighted by Crippen LogP contribution is -2.13. The molecule has 1 amide bonds. The van der Waals surface area contributed by atoms with Crippen molar-refractivity contribution in [1.82, 2.24) is 0 Å². The van der Waals surface area contributed by atoms with Gasteiger partial charge in [0.25, 0.3) is 5.91 Å². The van der Waals surface area contributed by atoms with Crippen molar-refractivity contribution in [1.29, 1.82) is 0 Å². The molecule has 2 rings (SSSR count). The lowest BCUT2D eigenvalue weighted by atomic mass is 10.1. The van der Waals surface area contributed by atoms with Crippen molar-refractivity contribution in [3.8, 4) is 5.75 Å². The second kappa shape index (κ2) is 6.54. The first-order valence-electron chi connectivity index (χ1n) is 5.99. The molecule has 0 aliphatic carbocycles. The molecule has 2 N–H and O–H groups in total. The standard InChI is InChI=1S/C15H14BrNO3/c1-20-14-7-6-10(8-12(14)16)15(19)17-13-5-3-2-4-11(13)9-18/h2-8,18H,9H2,1H3,(H,17,19). The molecule has 0 radical (unpaired) electrons. The van der Waals surface area contributed by atoms with Crippen molar-refractivity contribution in [2.24, 2.45) is 0 Å². The van der Waals surface area contributed by atoms with Gasteiger partial charge in [0.2, 0.25) is 0 Å². The molecule has 0 heterocycles. The van der Waals surface area contributed by atoms with Crippen molar-refractivity contribution in [2.45, 2.75) is 6.61 Å². The van der Waals surface area contributed by atoms with Gasteiger partial charge in [-0.15, -0.1) is 0 Å². The van der Waals surface area contributed by atoms with Crippen LogP contribution in [0.2, 0.25) is 0 Å². The molecule has 0 fully saturated rings. The van der Waals surface area contributed by atoms with Crippen LogP contribution in [0.5, 0.6) is 5.75 Å². The first kappa shape index (κ1) is 14.6. The predicted octanol–water partition coefficient (Wildman–Crippen LogP) is 3.20. The number of hydrogen-bond donors (Lipinski definition) is 2. The number of carbonyl (C=O) groups is 1. The number of aliphatic hydroxyl groups excluding tert-OH is 1. The third kappa shape index (κ3) is 3.18. The monoisotopic (exact) mass is 335 g/mol. The first-order valence-corrected chi connectivity index (χ1v) is 6.78. The van der Waals surface area contributed by atoms with Gasteiger partial charge in [-0.3, -0.25) is 4.79 Å². The van der Waals surface area contributed by atoms with Crippen molar-refractivity contribution in [3.05, 3.63) is 58.1 Å². The Balaban J connectivity index is 2.22. The molecule has 0 aromatic heterocycles. The maximum atomic E-state index is 12.2. The van der Waals surface area contributed by atoms with E-state index in [1.165, 1.54) is 0 Å². The smallest absolute Gasteiger partial charge is 0.255 e. The lowest BCUT2D eigenvalue weighted by molar-refractivity contribution is 0.102. The molecule has 0 saturated heterocycles. The van der Waals surface area contributed by atoms with Gasteiger partial charge in [0.05, 0.1) is 18.2 Å². The number of nitrogens with one attached hydrogen (secondary N) is 1. The fourth-order valence-corrected chi connectivity index (χ4v) is 2.32. The molecule has 104 valence electrons. The predicted molar refractivity (Wildman–Crippen MR) is 81.0 cm³/mol. The van der Waals surface area contributed by atoms with E-state index in [9.17, 15) is 9.90 Å². The summed E-state index contributed by atoms with van der Waals surface area (Å²) in [5, 5.41) is 12.0. The van der Waals surface area contributed by atoms with Crippen LogP contribution >= 0.6 is 15.9 Å². The lowest BCUT2D eigenvalue weighted by Gasteiger charge is -2.10. The third-order valence-corrected chi connectivity index (χ3v) is 3.47. The van der Waals surface area contributed by atoms with Crippen molar-refractivity contribution in [3.63, 3.8) is 0 Å². The number of rotatable bonds is 4. The van der Waals surface area contributed by atoms with Crippen LogP contribution in [0.25, 0.3) is 0 Å². The Bertz CT molecular complexity index is 628. The van der Waals surface area contributed by atoms with E-state index in [1.54, 1.807) is 43.5 Å². The Morgan fingerprint density at radius 3 is 2.70 bits per heavy atom. The normalized spacial score (nSPS) is 10.2. The third-order valence-electron chi connectivity index (χ3n) is 2.85. The van der Waals surface area contributed by atoms with Gasteiger partial charge in [-0.05, 0) is 40.2 Å². The molecule has 0 unspecified atom stereocenters. The SMILES string of the molecule is COc1ccc(C(=O)Nc2ccccc2CO)cc1Br. The second-order valence-corrected chi connectivity index (χ2v) is 4.97. The van der Waals surface area contributed by atoms with E-state index in [1.807, 2.05) is 6.07 Å². The molecular formula is C15H14BrNO3. The van der Waals surface area contributed by atoms with Crippen LogP contribution in [0, 0.1) is 0 Å². The molecule has 20 heavy (non-hydrogen) atoms. The highest BCUT2D eigenvalue weighted by Gasteiger charge is 2.10. The van der Waals surface area contributed by atoms with Gasteiger partial charge >= 0.3 is 0 Å². The summed E-state index contributed by atoms with van der Waals surface area (Å²) in [6.45, 7) is -0.122. The number of methoxy groups -OCH3 is 1. The summed E-state index contributed by atoms with van der Waals surface area (Å²) in [5.41, 5.74) is 1.78. The van der Waals surface area contributed by atoms with Gasteiger partial charge in [-0.2, -0.15) is 0 Å². The number of ether oxygens (including phenoxy) is 1. The molecule has 0 aliphatic rings. The summed E-state index contributed by atoms with van der Waals surface area (Å²) in [5.74, 6) is 0.423. The molecule has 0 atom stereocenters. The summed E-state index contributed by atoms with van der Waals surface area (Å²) >= 11 is 3.34. The number of benzene rings is 2. The van der Waals surface area contributed by atoms with E-state index in [4.69, 9.17) is 4.74 Å². The largest absolute Gasteiger partial charge is 0.496 e. The Morgan fingerprint density at radius 2 is 2.05 bits per heavy atom. The number of anilines is 1. The van der Waals surface area contributed by atoms with Gasteiger partial charge in [0, 0.05) is 16.8 Å². The van der Waals surface area contributed by atoms with Crippen molar-refractivity contribution < 1.29 is 14.6 Å². The van der Waals surface area contributed by atoms with Crippen LogP contribution < -0.4 is 10.1 Å². The molecule has 0 aliphatic heterocycles. The van der Waals surface area contributed by atoms with Crippen LogP contribution in [0.15, 0.2) is 46.9 Å². The molecule has 4 nitrogen and oxygen atoms in total. The van der Waals surface area contributed by atoms with Crippen LogP contribution in [0.1, 0.15) is 15.9 Å². The summed E-state index contributed by atoms with van der Waals surface area (Å²) in [6.07, 6.45) is 0. The highest BCUT2D eigenvalue weighted by atomic mass is 79.9. The maximum absolute atomic E-state index is 12.2. The zero-order valence-electron chi connectivity index (χ0n) is 10.9. The zero-order chi connectivity index (χ0) is 14.5. The number of aliphatic hydroxyl groups is 1. The van der Waals surface area contributed by atoms with E-state index < -0.39 is 0 Å². The Labute approximate surface area is 125 Å². The van der Waals surface area contributed by atoms with E-state index in [0.717, 1.165) is 0 Å². The van der Waals surface area contributed by atoms with E-state index in [0.29, 0.717) is 27.0 Å². The number of amides is 1. The number of halogens is 1. The average molecular weight is 336 g/mol. The molecule has 0 saturated carbocycles. The average Bonchev–Trinajstić information content (AvgIpc) is 2.47. The molecule has 0 spiro atoms. The van der Waals surface area contributed by atoms with Gasteiger partial charge < -0.3 is 15.2 Å². The summed E-state index contributed by atoms with van der Waals surface area (Å²) in [4.78, 5) is 12.2. The molecule has 2 aromatic carbocycles. The van der Waals surface area contributed by atoms with Crippen LogP contribution in [0.4, 0.5) is 5.69 Å². The van der Waals surface area contributed by atoms with E-state index in [2.05, 4.69) is 21.2 Å². The highest BCUT2D eigenvalue weighted by molar-refractivity contribution is 9.10. The minimum absolute atomic E-state index is 0.122. The summed E-state index contributed by atoms with van der Waals surface area (Å²) in [6, 6.07) is 12.2. The summed E-state index contributed by atoms with van der Waals surface area (Å²) < 4.78 is 5.83. The van der Waals surface area contributed by atoms with Crippen molar-refractivity contribution >= 4 is 27.5 Å². The van der Waals surface area contributed by atoms with E-state index in [-0.39, 0.29) is 12.5 Å². The first-order chi connectivity index (χ1) is 9.65. The number of hydrogen-bond acceptors (Lipinski definition) is 3. The van der Waals surface area contributed by atoms with Crippen LogP contribution in [-0.4, -0.2) is 18.1 Å². The minimum Gasteiger partial charge on any atom is -0.496 e. The second-order valence-electron chi connectivity index (χ2n) is 4.12. The Morgan fingerprint density at radius 1 is 1.30 bits per heavy atom. The van der Waals surface area contributed by atoms with Crippen LogP contribution in [0.3, 0.4) is 0 Å². The van der Waals surface area contributed by atoms with Crippen LogP contribution in [-0.2, 0) is 6.61 Å². The zero-order valence-corrected chi connectivity index (χ0v) is 12.5. The molecular weight excluding hydrogens is 322 g/mol. The fraction of sp³-hybridized carbons (Fsp3) is 0.133. The highest BCUT2D eigenvalue weighted by Crippen LogP contribution is 2.26. The van der Waals surface area contributed by atoms with Gasteiger partial charge in [0.15, 0.2) is 0 Å². The molecule has 0 bridgehead atoms. The number of carbonyl (C=O) groups excluding carboxylic acids is 1. The fourth-order valence-electron chi connectivity index (χ4n) is 1.78. The Hall–Kier alpha value is -1.85. The van der Waals surface area contributed by atoms with Gasteiger partial charge in [-0.1, -0.05) is 18.2 Å². The van der Waals surface area contributed by atoms with E-state index >= 15 is 0 Å². The van der Waals surface area contributed by atoms with Crippen molar-refractivity contribution in [2.75, 3.05) is 12.4 Å². The maximum Gasteiger partial charge on any atom is 0.255 e. The molecule has 5 heteroatoms. The summed E-state index contributed by atoms with van der Waals surface area (Å²) in [7, 11) is 1.57.